The molecule has 0 spiro atoms. The van der Waals surface area contributed by atoms with Crippen LogP contribution in [-0.2, 0) is 0 Å². The minimum Gasteiger partial charge on any atom is -0.488 e. The van der Waals surface area contributed by atoms with Crippen molar-refractivity contribution in [3.8, 4) is 5.75 Å². The molecule has 3 nitrogen and oxygen atoms in total. The predicted molar refractivity (Wildman–Crippen MR) is 70.8 cm³/mol. The molecule has 2 rings (SSSR count). The van der Waals surface area contributed by atoms with E-state index in [0.29, 0.717) is 0 Å². The largest absolute Gasteiger partial charge is 0.488 e. The summed E-state index contributed by atoms with van der Waals surface area (Å²) in [6, 6.07) is 6.13. The monoisotopic (exact) mass is 275 g/mol. The molecular weight excluding hydrogens is 257 g/mol. The fourth-order valence-corrected chi connectivity index (χ4v) is 1.93. The van der Waals surface area contributed by atoms with E-state index in [1.807, 2.05) is 0 Å². The number of unbranched alkanes of at least 4 members (excludes halogenated alkanes) is 1. The Balaban J connectivity index is 0.00000162. The van der Waals surface area contributed by atoms with E-state index < -0.39 is 0 Å². The Morgan fingerprint density at radius 3 is 2.50 bits per heavy atom. The van der Waals surface area contributed by atoms with Crippen LogP contribution in [0.3, 0.4) is 0 Å². The van der Waals surface area contributed by atoms with Gasteiger partial charge in [-0.15, -0.1) is 12.4 Å². The molecule has 0 radical (unpaired) electrons. The lowest BCUT2D eigenvalue weighted by Crippen LogP contribution is -2.53. The Labute approximate surface area is 113 Å². The van der Waals surface area contributed by atoms with Crippen molar-refractivity contribution in [2.45, 2.75) is 18.9 Å². The minimum absolute atomic E-state index is 0. The molecule has 1 aliphatic rings. The highest BCUT2D eigenvalue weighted by Gasteiger charge is 2.27. The third-order valence-electron chi connectivity index (χ3n) is 2.92. The van der Waals surface area contributed by atoms with Gasteiger partial charge in [-0.2, -0.15) is 0 Å². The molecule has 1 aliphatic heterocycles. The Kier molecular flexibility index (Phi) is 6.39. The fourth-order valence-electron chi connectivity index (χ4n) is 1.93. The van der Waals surface area contributed by atoms with Crippen molar-refractivity contribution in [1.82, 2.24) is 4.90 Å². The minimum atomic E-state index is -0.239. The van der Waals surface area contributed by atoms with Gasteiger partial charge in [-0.1, -0.05) is 0 Å². The summed E-state index contributed by atoms with van der Waals surface area (Å²) in [7, 11) is 0. The molecule has 0 aliphatic carbocycles. The second-order valence-electron chi connectivity index (χ2n) is 4.38. The van der Waals surface area contributed by atoms with Crippen LogP contribution < -0.4 is 4.74 Å². The van der Waals surface area contributed by atoms with E-state index in [2.05, 4.69) is 4.90 Å². The van der Waals surface area contributed by atoms with E-state index >= 15 is 0 Å². The van der Waals surface area contributed by atoms with Gasteiger partial charge in [-0.25, -0.2) is 4.39 Å². The van der Waals surface area contributed by atoms with Crippen LogP contribution in [0, 0.1) is 5.82 Å². The van der Waals surface area contributed by atoms with E-state index in [1.165, 1.54) is 12.1 Å². The maximum Gasteiger partial charge on any atom is 0.124 e. The first-order valence-electron chi connectivity index (χ1n) is 6.03. The number of nitrogens with zero attached hydrogens (tertiary/aromatic N) is 1. The molecule has 1 heterocycles. The third-order valence-corrected chi connectivity index (χ3v) is 2.92. The summed E-state index contributed by atoms with van der Waals surface area (Å²) in [6.07, 6.45) is 2.11. The molecule has 0 amide bonds. The summed E-state index contributed by atoms with van der Waals surface area (Å²) < 4.78 is 18.4. The van der Waals surface area contributed by atoms with Crippen LogP contribution in [0.5, 0.6) is 5.75 Å². The summed E-state index contributed by atoms with van der Waals surface area (Å²) in [5, 5.41) is 8.67. The Hall–Kier alpha value is -0.840. The summed E-state index contributed by atoms with van der Waals surface area (Å²) in [5.74, 6) is 0.489. The lowest BCUT2D eigenvalue weighted by atomic mass is 10.1. The molecule has 0 atom stereocenters. The average molecular weight is 276 g/mol. The van der Waals surface area contributed by atoms with Crippen molar-refractivity contribution in [3.05, 3.63) is 30.1 Å². The number of likely N-dealkylation sites (tertiary alicyclic amines) is 1. The highest BCUT2D eigenvalue weighted by atomic mass is 35.5. The standard InChI is InChI=1S/C13H18FNO2.ClH/c14-11-3-5-12(6-4-11)17-13-9-15(10-13)7-1-2-8-16;/h3-6,13,16H,1-2,7-10H2;1H. The second-order valence-corrected chi connectivity index (χ2v) is 4.38. The zero-order valence-corrected chi connectivity index (χ0v) is 11.0. The lowest BCUT2D eigenvalue weighted by Gasteiger charge is -2.39. The first-order chi connectivity index (χ1) is 8.28. The Bertz CT molecular complexity index is 341. The molecule has 18 heavy (non-hydrogen) atoms. The molecule has 102 valence electrons. The van der Waals surface area contributed by atoms with Crippen molar-refractivity contribution >= 4 is 12.4 Å². The first kappa shape index (κ1) is 15.2. The van der Waals surface area contributed by atoms with Gasteiger partial charge in [0.15, 0.2) is 0 Å². The van der Waals surface area contributed by atoms with Crippen molar-refractivity contribution in [3.63, 3.8) is 0 Å². The molecule has 0 unspecified atom stereocenters. The molecule has 0 aromatic heterocycles. The van der Waals surface area contributed by atoms with Gasteiger partial charge in [0.1, 0.15) is 17.7 Å². The van der Waals surface area contributed by atoms with Gasteiger partial charge in [-0.05, 0) is 43.7 Å². The van der Waals surface area contributed by atoms with E-state index in [4.69, 9.17) is 9.84 Å². The van der Waals surface area contributed by atoms with Crippen molar-refractivity contribution in [2.75, 3.05) is 26.2 Å². The van der Waals surface area contributed by atoms with Gasteiger partial charge in [0.05, 0.1) is 0 Å². The number of benzene rings is 1. The SMILES string of the molecule is Cl.OCCCCN1CC(Oc2ccc(F)cc2)C1. The lowest BCUT2D eigenvalue weighted by molar-refractivity contribution is 0.0184. The third kappa shape index (κ3) is 4.44. The van der Waals surface area contributed by atoms with Crippen molar-refractivity contribution in [2.24, 2.45) is 0 Å². The predicted octanol–water partition coefficient (Wildman–Crippen LogP) is 2.08. The zero-order chi connectivity index (χ0) is 12.1. The van der Waals surface area contributed by atoms with Crippen LogP contribution in [0.15, 0.2) is 24.3 Å². The van der Waals surface area contributed by atoms with E-state index in [9.17, 15) is 4.39 Å². The molecule has 1 aromatic carbocycles. The number of hydrogen-bond acceptors (Lipinski definition) is 3. The zero-order valence-electron chi connectivity index (χ0n) is 10.2. The van der Waals surface area contributed by atoms with Gasteiger partial charge >= 0.3 is 0 Å². The van der Waals surface area contributed by atoms with Gasteiger partial charge in [-0.3, -0.25) is 4.90 Å². The smallest absolute Gasteiger partial charge is 0.124 e. The molecule has 1 fully saturated rings. The molecule has 1 N–H and O–H groups in total. The van der Waals surface area contributed by atoms with Gasteiger partial charge in [0.2, 0.25) is 0 Å². The average Bonchev–Trinajstić information content (AvgIpc) is 2.28. The quantitative estimate of drug-likeness (QED) is 0.807. The molecule has 0 saturated carbocycles. The van der Waals surface area contributed by atoms with Gasteiger partial charge in [0.25, 0.3) is 0 Å². The Morgan fingerprint density at radius 2 is 1.89 bits per heavy atom. The van der Waals surface area contributed by atoms with Crippen LogP contribution in [0.25, 0.3) is 0 Å². The summed E-state index contributed by atoms with van der Waals surface area (Å²) >= 11 is 0. The van der Waals surface area contributed by atoms with Crippen molar-refractivity contribution < 1.29 is 14.2 Å². The summed E-state index contributed by atoms with van der Waals surface area (Å²) in [6.45, 7) is 3.12. The van der Waals surface area contributed by atoms with Crippen LogP contribution >= 0.6 is 12.4 Å². The second kappa shape index (κ2) is 7.56. The number of rotatable bonds is 6. The topological polar surface area (TPSA) is 32.7 Å². The first-order valence-corrected chi connectivity index (χ1v) is 6.03. The summed E-state index contributed by atoms with van der Waals surface area (Å²) in [4.78, 5) is 2.30. The number of hydrogen-bond donors (Lipinski definition) is 1. The van der Waals surface area contributed by atoms with Crippen LogP contribution in [0.1, 0.15) is 12.8 Å². The highest BCUT2D eigenvalue weighted by molar-refractivity contribution is 5.85. The van der Waals surface area contributed by atoms with E-state index in [1.54, 1.807) is 12.1 Å². The van der Waals surface area contributed by atoms with Gasteiger partial charge < -0.3 is 9.84 Å². The number of ether oxygens (including phenoxy) is 1. The molecule has 1 saturated heterocycles. The van der Waals surface area contributed by atoms with E-state index in [-0.39, 0.29) is 30.9 Å². The number of halogens is 2. The number of aliphatic hydroxyl groups excluding tert-OH is 1. The molecular formula is C13H19ClFNO2. The van der Waals surface area contributed by atoms with Gasteiger partial charge in [0, 0.05) is 19.7 Å². The molecule has 5 heteroatoms. The number of aliphatic hydroxyl groups is 1. The highest BCUT2D eigenvalue weighted by Crippen LogP contribution is 2.18. The summed E-state index contributed by atoms with van der Waals surface area (Å²) in [5.41, 5.74) is 0. The molecule has 1 aromatic rings. The van der Waals surface area contributed by atoms with E-state index in [0.717, 1.165) is 38.2 Å². The normalized spacial score (nSPS) is 15.9. The molecule has 0 bridgehead atoms. The van der Waals surface area contributed by atoms with Crippen molar-refractivity contribution in [1.29, 1.82) is 0 Å². The fraction of sp³-hybridized carbons (Fsp3) is 0.538. The van der Waals surface area contributed by atoms with Crippen LogP contribution in [-0.4, -0.2) is 42.4 Å². The van der Waals surface area contributed by atoms with Crippen LogP contribution in [0.2, 0.25) is 0 Å². The Morgan fingerprint density at radius 1 is 1.22 bits per heavy atom. The maximum absolute atomic E-state index is 12.7. The van der Waals surface area contributed by atoms with Crippen LogP contribution in [0.4, 0.5) is 4.39 Å². The maximum atomic E-state index is 12.7.